The van der Waals surface area contributed by atoms with Crippen LogP contribution in [0.5, 0.6) is 11.5 Å². The van der Waals surface area contributed by atoms with Crippen LogP contribution in [0.25, 0.3) is 0 Å². The molecule has 1 fully saturated rings. The molecule has 0 saturated heterocycles. The highest BCUT2D eigenvalue weighted by Crippen LogP contribution is 2.47. The molecule has 172 valence electrons. The normalized spacial score (nSPS) is 20.6. The van der Waals surface area contributed by atoms with Crippen molar-refractivity contribution in [3.63, 3.8) is 0 Å². The Bertz CT molecular complexity index is 1060. The first-order chi connectivity index (χ1) is 15.2. The molecule has 1 aliphatic rings. The van der Waals surface area contributed by atoms with Crippen LogP contribution in [0.15, 0.2) is 53.4 Å². The van der Waals surface area contributed by atoms with Crippen molar-refractivity contribution < 1.29 is 37.0 Å². The third-order valence-electron chi connectivity index (χ3n) is 5.79. The molecule has 0 radical (unpaired) electrons. The summed E-state index contributed by atoms with van der Waals surface area (Å²) in [5.41, 5.74) is 0. The largest absolute Gasteiger partial charge is 0.480 e. The quantitative estimate of drug-likeness (QED) is 0.550. The number of carbonyl (C=O) groups is 2. The van der Waals surface area contributed by atoms with Gasteiger partial charge in [-0.25, -0.2) is 12.8 Å². The first-order valence-electron chi connectivity index (χ1n) is 10.4. The van der Waals surface area contributed by atoms with Gasteiger partial charge in [0.25, 0.3) is 0 Å². The molecule has 2 atom stereocenters. The van der Waals surface area contributed by atoms with E-state index in [9.17, 15) is 27.5 Å². The zero-order valence-electron chi connectivity index (χ0n) is 17.6. The van der Waals surface area contributed by atoms with Gasteiger partial charge in [-0.15, -0.1) is 0 Å². The fourth-order valence-corrected chi connectivity index (χ4v) is 6.47. The number of rotatable bonds is 9. The Balaban J connectivity index is 1.85. The molecule has 0 aliphatic heterocycles. The summed E-state index contributed by atoms with van der Waals surface area (Å²) < 4.78 is 48.5. The molecule has 2 unspecified atom stereocenters. The van der Waals surface area contributed by atoms with E-state index in [1.54, 1.807) is 6.92 Å². The highest BCUT2D eigenvalue weighted by atomic mass is 32.2. The number of hydrogen-bond donors (Lipinski definition) is 1. The van der Waals surface area contributed by atoms with E-state index in [1.165, 1.54) is 48.5 Å². The van der Waals surface area contributed by atoms with Crippen molar-refractivity contribution in [2.75, 3.05) is 6.61 Å². The zero-order chi connectivity index (χ0) is 23.4. The molecule has 0 amide bonds. The molecule has 32 heavy (non-hydrogen) atoms. The van der Waals surface area contributed by atoms with Gasteiger partial charge in [-0.05, 0) is 80.6 Å². The molecule has 1 aliphatic carbocycles. The van der Waals surface area contributed by atoms with Crippen LogP contribution in [0, 0.1) is 11.7 Å². The summed E-state index contributed by atoms with van der Waals surface area (Å²) in [6, 6.07) is 10.8. The van der Waals surface area contributed by atoms with Gasteiger partial charge >= 0.3 is 11.9 Å². The van der Waals surface area contributed by atoms with E-state index in [1.807, 2.05) is 0 Å². The highest BCUT2D eigenvalue weighted by Gasteiger charge is 2.59. The van der Waals surface area contributed by atoms with Crippen LogP contribution in [-0.2, 0) is 24.2 Å². The van der Waals surface area contributed by atoms with Gasteiger partial charge in [-0.1, -0.05) is 6.42 Å². The summed E-state index contributed by atoms with van der Waals surface area (Å²) in [5, 5.41) is 10.0. The van der Waals surface area contributed by atoms with Crippen molar-refractivity contribution in [3.8, 4) is 11.5 Å². The molecule has 9 heteroatoms. The average molecular weight is 465 g/mol. The number of halogens is 1. The lowest BCUT2D eigenvalue weighted by Crippen LogP contribution is -2.49. The number of carbonyl (C=O) groups excluding carboxylic acids is 1. The number of benzene rings is 2. The standard InChI is InChI=1S/C23H25FO7S/c1-2-30-21(25)14-5-16-4-3-15-23(16,22(26)27)32(28,29)20-12-10-19(11-13-20)31-18-8-6-17(24)7-9-18/h6-13,16H,2-5,14-15H2,1H3,(H,26,27). The van der Waals surface area contributed by atoms with Crippen molar-refractivity contribution >= 4 is 21.8 Å². The molecule has 3 rings (SSSR count). The summed E-state index contributed by atoms with van der Waals surface area (Å²) in [7, 11) is -4.26. The van der Waals surface area contributed by atoms with E-state index in [4.69, 9.17) is 9.47 Å². The molecule has 0 heterocycles. The van der Waals surface area contributed by atoms with Crippen molar-refractivity contribution in [2.24, 2.45) is 5.92 Å². The van der Waals surface area contributed by atoms with Gasteiger partial charge < -0.3 is 14.6 Å². The number of carboxylic acids is 1. The van der Waals surface area contributed by atoms with Gasteiger partial charge in [0.2, 0.25) is 0 Å². The first-order valence-corrected chi connectivity index (χ1v) is 11.9. The van der Waals surface area contributed by atoms with Gasteiger partial charge in [0.05, 0.1) is 11.5 Å². The number of carboxylic acid groups (broad SMARTS) is 1. The minimum absolute atomic E-state index is 0.0218. The molecule has 7 nitrogen and oxygen atoms in total. The minimum atomic E-state index is -4.26. The van der Waals surface area contributed by atoms with Crippen molar-refractivity contribution in [1.82, 2.24) is 0 Å². The van der Waals surface area contributed by atoms with Crippen molar-refractivity contribution in [1.29, 1.82) is 0 Å². The summed E-state index contributed by atoms with van der Waals surface area (Å²) in [6.07, 6.45) is 0.900. The average Bonchev–Trinajstić information content (AvgIpc) is 3.20. The Morgan fingerprint density at radius 2 is 1.69 bits per heavy atom. The first kappa shape index (κ1) is 23.7. The lowest BCUT2D eigenvalue weighted by atomic mass is 9.90. The Labute approximate surface area is 186 Å². The number of hydrogen-bond acceptors (Lipinski definition) is 6. The number of esters is 1. The predicted octanol–water partition coefficient (Wildman–Crippen LogP) is 4.36. The Morgan fingerprint density at radius 3 is 2.25 bits per heavy atom. The van der Waals surface area contributed by atoms with E-state index < -0.39 is 38.3 Å². The van der Waals surface area contributed by atoms with E-state index in [0.29, 0.717) is 24.3 Å². The lowest BCUT2D eigenvalue weighted by Gasteiger charge is -2.31. The summed E-state index contributed by atoms with van der Waals surface area (Å²) in [6.45, 7) is 1.88. The molecule has 1 N–H and O–H groups in total. The topological polar surface area (TPSA) is 107 Å². The number of sulfone groups is 1. The van der Waals surface area contributed by atoms with E-state index in [2.05, 4.69) is 0 Å². The molecular formula is C23H25FO7S. The van der Waals surface area contributed by atoms with E-state index >= 15 is 0 Å². The SMILES string of the molecule is CCOC(=O)CCC1CCCC1(C(=O)O)S(=O)(=O)c1ccc(Oc2ccc(F)cc2)cc1. The number of aliphatic carboxylic acids is 1. The van der Waals surface area contributed by atoms with Gasteiger partial charge in [-0.3, -0.25) is 9.59 Å². The monoisotopic (exact) mass is 464 g/mol. The maximum absolute atomic E-state index is 13.5. The molecule has 1 saturated carbocycles. The van der Waals surface area contributed by atoms with Gasteiger partial charge in [0, 0.05) is 6.42 Å². The van der Waals surface area contributed by atoms with Crippen LogP contribution in [0.3, 0.4) is 0 Å². The molecule has 0 bridgehead atoms. The van der Waals surface area contributed by atoms with Gasteiger partial charge in [-0.2, -0.15) is 0 Å². The van der Waals surface area contributed by atoms with E-state index in [0.717, 1.165) is 0 Å². The third-order valence-corrected chi connectivity index (χ3v) is 8.35. The zero-order valence-corrected chi connectivity index (χ0v) is 18.4. The van der Waals surface area contributed by atoms with Gasteiger partial charge in [0.15, 0.2) is 14.6 Å². The Morgan fingerprint density at radius 1 is 1.09 bits per heavy atom. The van der Waals surface area contributed by atoms with Crippen LogP contribution in [0.2, 0.25) is 0 Å². The maximum atomic E-state index is 13.5. The molecule has 0 spiro atoms. The molecular weight excluding hydrogens is 439 g/mol. The van der Waals surface area contributed by atoms with Crippen molar-refractivity contribution in [2.45, 2.75) is 48.7 Å². The van der Waals surface area contributed by atoms with Crippen LogP contribution in [0.4, 0.5) is 4.39 Å². The highest BCUT2D eigenvalue weighted by molar-refractivity contribution is 7.93. The minimum Gasteiger partial charge on any atom is -0.480 e. The summed E-state index contributed by atoms with van der Waals surface area (Å²) >= 11 is 0. The Kier molecular flexibility index (Phi) is 7.18. The fraction of sp³-hybridized carbons (Fsp3) is 0.391. The van der Waals surface area contributed by atoms with Crippen LogP contribution >= 0.6 is 0 Å². The Hall–Kier alpha value is -2.94. The van der Waals surface area contributed by atoms with Gasteiger partial charge in [0.1, 0.15) is 17.3 Å². The summed E-state index contributed by atoms with van der Waals surface area (Å²) in [4.78, 5) is 23.9. The lowest BCUT2D eigenvalue weighted by molar-refractivity contribution is -0.145. The molecule has 2 aromatic carbocycles. The fourth-order valence-electron chi connectivity index (χ4n) is 4.24. The second-order valence-corrected chi connectivity index (χ2v) is 9.87. The molecule has 2 aromatic rings. The summed E-state index contributed by atoms with van der Waals surface area (Å²) in [5.74, 6) is -2.30. The molecule has 0 aromatic heterocycles. The number of ether oxygens (including phenoxy) is 2. The van der Waals surface area contributed by atoms with Crippen LogP contribution < -0.4 is 4.74 Å². The van der Waals surface area contributed by atoms with E-state index in [-0.39, 0.29) is 30.8 Å². The van der Waals surface area contributed by atoms with Crippen LogP contribution in [-0.4, -0.2) is 36.8 Å². The van der Waals surface area contributed by atoms with Crippen LogP contribution in [0.1, 0.15) is 39.0 Å². The second-order valence-electron chi connectivity index (χ2n) is 7.66. The smallest absolute Gasteiger partial charge is 0.325 e. The third kappa shape index (κ3) is 4.62. The predicted molar refractivity (Wildman–Crippen MR) is 114 cm³/mol. The second kappa shape index (κ2) is 9.68. The van der Waals surface area contributed by atoms with Crippen molar-refractivity contribution in [3.05, 3.63) is 54.3 Å². The maximum Gasteiger partial charge on any atom is 0.325 e.